The van der Waals surface area contributed by atoms with E-state index in [-0.39, 0.29) is 19.3 Å². The van der Waals surface area contributed by atoms with Crippen LogP contribution in [0.25, 0.3) is 0 Å². The predicted molar refractivity (Wildman–Crippen MR) is 102 cm³/mol. The number of aryl methyl sites for hydroxylation is 1. The van der Waals surface area contributed by atoms with E-state index in [2.05, 4.69) is 79.7 Å². The highest BCUT2D eigenvalue weighted by Crippen LogP contribution is 2.37. The quantitative estimate of drug-likeness (QED) is 0.654. The summed E-state index contributed by atoms with van der Waals surface area (Å²) in [7, 11) is -0.357. The van der Waals surface area contributed by atoms with Crippen LogP contribution in [0.1, 0.15) is 35.3 Å². The first kappa shape index (κ1) is 16.1. The Labute approximate surface area is 149 Å². The van der Waals surface area contributed by atoms with Gasteiger partial charge in [-0.25, -0.2) is 0 Å². The third-order valence-electron chi connectivity index (χ3n) is 4.70. The Hall–Kier alpha value is -2.36. The van der Waals surface area contributed by atoms with Gasteiger partial charge in [0.1, 0.15) is 0 Å². The molecule has 0 amide bonds. The zero-order valence-corrected chi connectivity index (χ0v) is 14.3. The molecule has 3 heteroatoms. The van der Waals surface area contributed by atoms with Gasteiger partial charge in [0.15, 0.2) is 0 Å². The molecule has 3 aromatic rings. The van der Waals surface area contributed by atoms with Crippen molar-refractivity contribution in [2.45, 2.75) is 25.6 Å². The van der Waals surface area contributed by atoms with E-state index < -0.39 is 0 Å². The molecule has 0 radical (unpaired) electrons. The molecule has 0 N–H and O–H groups in total. The van der Waals surface area contributed by atoms with Gasteiger partial charge in [0, 0.05) is 6.42 Å². The number of benzene rings is 3. The molecule has 1 fully saturated rings. The summed E-state index contributed by atoms with van der Waals surface area (Å²) in [5, 5.41) is 0. The second-order valence-corrected chi connectivity index (χ2v) is 6.55. The van der Waals surface area contributed by atoms with Gasteiger partial charge in [0.05, 0.1) is 12.2 Å². The summed E-state index contributed by atoms with van der Waals surface area (Å²) in [5.74, 6) is 0. The fourth-order valence-corrected chi connectivity index (χ4v) is 3.28. The third kappa shape index (κ3) is 3.68. The smallest absolute Gasteiger partial charge is 0.400 e. The van der Waals surface area contributed by atoms with Crippen LogP contribution in [-0.2, 0) is 9.31 Å². The highest BCUT2D eigenvalue weighted by molar-refractivity contribution is 6.61. The first-order valence-corrected chi connectivity index (χ1v) is 8.77. The van der Waals surface area contributed by atoms with Gasteiger partial charge in [-0.1, -0.05) is 90.5 Å². The van der Waals surface area contributed by atoms with Crippen LogP contribution in [0.5, 0.6) is 0 Å². The molecule has 3 aromatic carbocycles. The van der Waals surface area contributed by atoms with Crippen molar-refractivity contribution in [2.24, 2.45) is 0 Å². The number of hydrogen-bond acceptors (Lipinski definition) is 2. The normalized spacial score (nSPS) is 20.4. The Bertz CT molecular complexity index is 755. The molecule has 4 rings (SSSR count). The molecule has 25 heavy (non-hydrogen) atoms. The van der Waals surface area contributed by atoms with Gasteiger partial charge in [-0.05, 0) is 23.5 Å². The lowest BCUT2D eigenvalue weighted by Crippen LogP contribution is -2.43. The van der Waals surface area contributed by atoms with Crippen molar-refractivity contribution in [1.82, 2.24) is 0 Å². The van der Waals surface area contributed by atoms with Crippen molar-refractivity contribution in [2.75, 3.05) is 0 Å². The standard InChI is InChI=1S/C22H21BO2/c1-17-12-14-20(15-13-17)23-24-21(18-8-4-2-5-9-18)16-22(25-23)19-10-6-3-7-11-19/h2-15,21-22H,16H2,1H3. The second kappa shape index (κ2) is 7.26. The van der Waals surface area contributed by atoms with Crippen molar-refractivity contribution < 1.29 is 9.31 Å². The highest BCUT2D eigenvalue weighted by atomic mass is 16.6. The fraction of sp³-hybridized carbons (Fsp3) is 0.182. The molecule has 0 aliphatic carbocycles. The summed E-state index contributed by atoms with van der Waals surface area (Å²) < 4.78 is 12.7. The Morgan fingerprint density at radius 1 is 0.680 bits per heavy atom. The largest absolute Gasteiger partial charge is 0.494 e. The van der Waals surface area contributed by atoms with Crippen LogP contribution in [0.3, 0.4) is 0 Å². The molecule has 124 valence electrons. The lowest BCUT2D eigenvalue weighted by Gasteiger charge is -2.35. The van der Waals surface area contributed by atoms with Crippen molar-refractivity contribution in [3.05, 3.63) is 102 Å². The van der Waals surface area contributed by atoms with Gasteiger partial charge in [-0.15, -0.1) is 0 Å². The zero-order valence-electron chi connectivity index (χ0n) is 14.3. The van der Waals surface area contributed by atoms with Gasteiger partial charge in [-0.2, -0.15) is 0 Å². The minimum Gasteiger partial charge on any atom is -0.400 e. The van der Waals surface area contributed by atoms with Crippen LogP contribution in [0.4, 0.5) is 0 Å². The van der Waals surface area contributed by atoms with E-state index in [1.165, 1.54) is 16.7 Å². The lowest BCUT2D eigenvalue weighted by atomic mass is 9.75. The minimum atomic E-state index is -0.357. The topological polar surface area (TPSA) is 18.5 Å². The molecule has 0 bridgehead atoms. The maximum Gasteiger partial charge on any atom is 0.494 e. The van der Waals surface area contributed by atoms with E-state index in [9.17, 15) is 0 Å². The fourth-order valence-electron chi connectivity index (χ4n) is 3.28. The molecule has 0 saturated carbocycles. The van der Waals surface area contributed by atoms with E-state index in [4.69, 9.17) is 9.31 Å². The monoisotopic (exact) mass is 328 g/mol. The SMILES string of the molecule is Cc1ccc(B2OC(c3ccccc3)CC(c3ccccc3)O2)cc1. The van der Waals surface area contributed by atoms with Gasteiger partial charge in [0.25, 0.3) is 0 Å². The van der Waals surface area contributed by atoms with Crippen molar-refractivity contribution in [3.8, 4) is 0 Å². The Morgan fingerprint density at radius 2 is 1.16 bits per heavy atom. The van der Waals surface area contributed by atoms with E-state index in [0.29, 0.717) is 0 Å². The molecule has 1 aliphatic heterocycles. The van der Waals surface area contributed by atoms with E-state index in [0.717, 1.165) is 11.9 Å². The molecule has 1 aliphatic rings. The summed E-state index contributed by atoms with van der Waals surface area (Å²) in [6, 6.07) is 29.2. The van der Waals surface area contributed by atoms with Crippen molar-refractivity contribution >= 4 is 12.6 Å². The maximum atomic E-state index is 6.33. The van der Waals surface area contributed by atoms with Crippen LogP contribution in [-0.4, -0.2) is 7.12 Å². The van der Waals surface area contributed by atoms with Gasteiger partial charge in [0.2, 0.25) is 0 Å². The molecular formula is C22H21BO2. The van der Waals surface area contributed by atoms with Crippen LogP contribution >= 0.6 is 0 Å². The molecule has 2 nitrogen and oxygen atoms in total. The molecule has 0 spiro atoms. The zero-order chi connectivity index (χ0) is 17.1. The lowest BCUT2D eigenvalue weighted by molar-refractivity contribution is 0.0206. The summed E-state index contributed by atoms with van der Waals surface area (Å²) in [6.45, 7) is 2.09. The third-order valence-corrected chi connectivity index (χ3v) is 4.70. The summed E-state index contributed by atoms with van der Waals surface area (Å²) >= 11 is 0. The second-order valence-electron chi connectivity index (χ2n) is 6.55. The van der Waals surface area contributed by atoms with Crippen LogP contribution in [0.2, 0.25) is 0 Å². The maximum absolute atomic E-state index is 6.33. The van der Waals surface area contributed by atoms with Gasteiger partial charge in [-0.3, -0.25) is 0 Å². The average molecular weight is 328 g/mol. The van der Waals surface area contributed by atoms with E-state index in [1.807, 2.05) is 12.1 Å². The predicted octanol–water partition coefficient (Wildman–Crippen LogP) is 4.61. The molecule has 1 saturated heterocycles. The summed E-state index contributed by atoms with van der Waals surface area (Å²) in [6.07, 6.45) is 0.856. The van der Waals surface area contributed by atoms with Gasteiger partial charge >= 0.3 is 7.12 Å². The van der Waals surface area contributed by atoms with E-state index in [1.54, 1.807) is 0 Å². The van der Waals surface area contributed by atoms with Crippen LogP contribution in [0.15, 0.2) is 84.9 Å². The molecular weight excluding hydrogens is 307 g/mol. The minimum absolute atomic E-state index is 0.0199. The Kier molecular flexibility index (Phi) is 4.69. The molecule has 2 unspecified atom stereocenters. The number of rotatable bonds is 3. The summed E-state index contributed by atoms with van der Waals surface area (Å²) in [5.41, 5.74) is 4.69. The first-order chi connectivity index (χ1) is 12.3. The Balaban J connectivity index is 1.66. The molecule has 1 heterocycles. The average Bonchev–Trinajstić information content (AvgIpc) is 2.69. The molecule has 0 aromatic heterocycles. The highest BCUT2D eigenvalue weighted by Gasteiger charge is 2.36. The number of hydrogen-bond donors (Lipinski definition) is 0. The molecule has 2 atom stereocenters. The first-order valence-electron chi connectivity index (χ1n) is 8.77. The Morgan fingerprint density at radius 3 is 1.64 bits per heavy atom. The van der Waals surface area contributed by atoms with Crippen molar-refractivity contribution in [1.29, 1.82) is 0 Å². The van der Waals surface area contributed by atoms with Crippen LogP contribution < -0.4 is 5.46 Å². The van der Waals surface area contributed by atoms with Crippen LogP contribution in [0, 0.1) is 6.92 Å². The van der Waals surface area contributed by atoms with Gasteiger partial charge < -0.3 is 9.31 Å². The van der Waals surface area contributed by atoms with Crippen molar-refractivity contribution in [3.63, 3.8) is 0 Å². The summed E-state index contributed by atoms with van der Waals surface area (Å²) in [4.78, 5) is 0. The van der Waals surface area contributed by atoms with E-state index >= 15 is 0 Å².